The highest BCUT2D eigenvalue weighted by Crippen LogP contribution is 2.17. The predicted molar refractivity (Wildman–Crippen MR) is 62.2 cm³/mol. The van der Waals surface area contributed by atoms with Gasteiger partial charge in [0.1, 0.15) is 5.75 Å². The Morgan fingerprint density at radius 1 is 1.25 bits per heavy atom. The highest BCUT2D eigenvalue weighted by atomic mass is 16.5. The van der Waals surface area contributed by atoms with Crippen LogP contribution in [0.5, 0.6) is 5.75 Å². The largest absolute Gasteiger partial charge is 0.497 e. The van der Waals surface area contributed by atoms with Crippen LogP contribution < -0.4 is 4.74 Å². The molecular weight excluding hydrogens is 204 g/mol. The van der Waals surface area contributed by atoms with Gasteiger partial charge in [-0.3, -0.25) is 0 Å². The smallest absolute Gasteiger partial charge is 0.338 e. The van der Waals surface area contributed by atoms with Gasteiger partial charge in [-0.2, -0.15) is 0 Å². The molecule has 0 saturated heterocycles. The predicted octanol–water partition coefficient (Wildman–Crippen LogP) is 2.43. The lowest BCUT2D eigenvalue weighted by atomic mass is 10.1. The van der Waals surface area contributed by atoms with E-state index in [-0.39, 0.29) is 0 Å². The number of methoxy groups -OCH3 is 2. The zero-order valence-electron chi connectivity index (χ0n) is 9.61. The summed E-state index contributed by atoms with van der Waals surface area (Å²) in [6.45, 7) is 1.88. The van der Waals surface area contributed by atoms with Crippen LogP contribution in [0.15, 0.2) is 36.1 Å². The first-order chi connectivity index (χ1) is 7.67. The van der Waals surface area contributed by atoms with Crippen molar-refractivity contribution in [3.05, 3.63) is 41.6 Å². The van der Waals surface area contributed by atoms with E-state index in [0.29, 0.717) is 0 Å². The van der Waals surface area contributed by atoms with Crippen LogP contribution in [0.4, 0.5) is 0 Å². The van der Waals surface area contributed by atoms with Crippen molar-refractivity contribution in [1.82, 2.24) is 0 Å². The molecule has 0 bridgehead atoms. The minimum absolute atomic E-state index is 0.409. The van der Waals surface area contributed by atoms with Crippen molar-refractivity contribution in [2.75, 3.05) is 14.2 Å². The molecule has 1 aromatic rings. The van der Waals surface area contributed by atoms with Crippen LogP contribution in [0.25, 0.3) is 5.57 Å². The molecule has 3 nitrogen and oxygen atoms in total. The van der Waals surface area contributed by atoms with Gasteiger partial charge in [-0.05, 0) is 30.2 Å². The molecule has 0 spiro atoms. The third kappa shape index (κ3) is 3.30. The lowest BCUT2D eigenvalue weighted by Gasteiger charge is -2.01. The van der Waals surface area contributed by atoms with Gasteiger partial charge in [0.15, 0.2) is 0 Å². The number of carbonyl (C=O) groups is 1. The maximum Gasteiger partial charge on any atom is 0.338 e. The molecule has 0 aromatic heterocycles. The van der Waals surface area contributed by atoms with Crippen molar-refractivity contribution in [3.8, 4) is 5.75 Å². The Hall–Kier alpha value is -1.99. The molecule has 0 saturated carbocycles. The van der Waals surface area contributed by atoms with E-state index < -0.39 is 5.97 Å². The number of carbonyl (C=O) groups excluding carboxylic acids is 1. The number of hydrogen-bond acceptors (Lipinski definition) is 3. The number of ether oxygens (including phenoxy) is 2. The molecule has 0 aliphatic carbocycles. The van der Waals surface area contributed by atoms with E-state index >= 15 is 0 Å². The Labute approximate surface area is 95.0 Å². The molecule has 3 heteroatoms. The molecule has 1 aromatic carbocycles. The molecule has 0 radical (unpaired) electrons. The second kappa shape index (κ2) is 5.79. The highest BCUT2D eigenvalue weighted by Gasteiger charge is 1.96. The van der Waals surface area contributed by atoms with Crippen molar-refractivity contribution >= 4 is 11.5 Å². The summed E-state index contributed by atoms with van der Waals surface area (Å²) in [4.78, 5) is 10.9. The first-order valence-electron chi connectivity index (χ1n) is 4.83. The highest BCUT2D eigenvalue weighted by molar-refractivity contribution is 5.83. The number of benzene rings is 1. The SMILES string of the molecule is COC(=O)C=C=C(C)c1ccc(OC)cc1. The first kappa shape index (κ1) is 12.1. The summed E-state index contributed by atoms with van der Waals surface area (Å²) in [5.41, 5.74) is 4.72. The van der Waals surface area contributed by atoms with Gasteiger partial charge in [0, 0.05) is 0 Å². The standard InChI is InChI=1S/C13H14O3/c1-10(4-9-13(14)16-3)11-5-7-12(15-2)8-6-11/h5-9H,1-3H3. The van der Waals surface area contributed by atoms with Crippen molar-refractivity contribution < 1.29 is 14.3 Å². The monoisotopic (exact) mass is 218 g/mol. The van der Waals surface area contributed by atoms with E-state index in [1.54, 1.807) is 7.11 Å². The van der Waals surface area contributed by atoms with Crippen LogP contribution in [0, 0.1) is 0 Å². The topological polar surface area (TPSA) is 35.5 Å². The Morgan fingerprint density at radius 2 is 1.88 bits per heavy atom. The van der Waals surface area contributed by atoms with Crippen LogP contribution in [0.1, 0.15) is 12.5 Å². The quantitative estimate of drug-likeness (QED) is 0.444. The summed E-state index contributed by atoms with van der Waals surface area (Å²) in [6.07, 6.45) is 1.28. The van der Waals surface area contributed by atoms with E-state index in [9.17, 15) is 4.79 Å². The summed E-state index contributed by atoms with van der Waals surface area (Å²) >= 11 is 0. The molecule has 0 aliphatic heterocycles. The summed E-state index contributed by atoms with van der Waals surface area (Å²) in [7, 11) is 2.96. The first-order valence-corrected chi connectivity index (χ1v) is 4.83. The van der Waals surface area contributed by atoms with Crippen LogP contribution in [0.2, 0.25) is 0 Å². The van der Waals surface area contributed by atoms with Gasteiger partial charge in [0.25, 0.3) is 0 Å². The maximum absolute atomic E-state index is 10.9. The second-order valence-electron chi connectivity index (χ2n) is 3.17. The Kier molecular flexibility index (Phi) is 4.37. The fourth-order valence-electron chi connectivity index (χ4n) is 1.15. The van der Waals surface area contributed by atoms with Gasteiger partial charge < -0.3 is 9.47 Å². The van der Waals surface area contributed by atoms with E-state index in [1.165, 1.54) is 13.2 Å². The second-order valence-corrected chi connectivity index (χ2v) is 3.17. The zero-order valence-corrected chi connectivity index (χ0v) is 9.61. The van der Waals surface area contributed by atoms with Crippen LogP contribution >= 0.6 is 0 Å². The Morgan fingerprint density at radius 3 is 2.38 bits per heavy atom. The molecule has 0 amide bonds. The Bertz CT molecular complexity index is 423. The Balaban J connectivity index is 2.91. The fourth-order valence-corrected chi connectivity index (χ4v) is 1.15. The van der Waals surface area contributed by atoms with E-state index in [1.807, 2.05) is 31.2 Å². The lowest BCUT2D eigenvalue weighted by molar-refractivity contribution is -0.134. The van der Waals surface area contributed by atoms with Gasteiger partial charge in [-0.15, -0.1) is 5.73 Å². The van der Waals surface area contributed by atoms with Gasteiger partial charge in [0.05, 0.1) is 20.3 Å². The average molecular weight is 218 g/mol. The van der Waals surface area contributed by atoms with Crippen molar-refractivity contribution in [2.45, 2.75) is 6.92 Å². The van der Waals surface area contributed by atoms with E-state index in [4.69, 9.17) is 4.74 Å². The average Bonchev–Trinajstić information content (AvgIpc) is 2.35. The van der Waals surface area contributed by atoms with Crippen molar-refractivity contribution in [2.24, 2.45) is 0 Å². The molecule has 0 heterocycles. The normalized spacial score (nSPS) is 8.94. The van der Waals surface area contributed by atoms with Crippen molar-refractivity contribution in [1.29, 1.82) is 0 Å². The zero-order chi connectivity index (χ0) is 12.0. The number of rotatable bonds is 3. The molecule has 0 aliphatic rings. The molecule has 1 rings (SSSR count). The van der Waals surface area contributed by atoms with Gasteiger partial charge >= 0.3 is 5.97 Å². The lowest BCUT2D eigenvalue weighted by Crippen LogP contribution is -1.92. The molecule has 0 unspecified atom stereocenters. The van der Waals surface area contributed by atoms with Crippen LogP contribution in [0.3, 0.4) is 0 Å². The number of esters is 1. The number of hydrogen-bond donors (Lipinski definition) is 0. The third-order valence-corrected chi connectivity index (χ3v) is 2.13. The summed E-state index contributed by atoms with van der Waals surface area (Å²) < 4.78 is 9.54. The molecule has 84 valence electrons. The van der Waals surface area contributed by atoms with Crippen LogP contribution in [-0.2, 0) is 9.53 Å². The van der Waals surface area contributed by atoms with E-state index in [0.717, 1.165) is 16.9 Å². The summed E-state index contributed by atoms with van der Waals surface area (Å²) in [5, 5.41) is 0. The van der Waals surface area contributed by atoms with E-state index in [2.05, 4.69) is 10.5 Å². The molecule has 0 N–H and O–H groups in total. The van der Waals surface area contributed by atoms with Gasteiger partial charge in [-0.1, -0.05) is 12.1 Å². The summed E-state index contributed by atoms with van der Waals surface area (Å²) in [6, 6.07) is 7.54. The van der Waals surface area contributed by atoms with Gasteiger partial charge in [0.2, 0.25) is 0 Å². The third-order valence-electron chi connectivity index (χ3n) is 2.13. The summed E-state index contributed by atoms with van der Waals surface area (Å²) in [5.74, 6) is 0.390. The van der Waals surface area contributed by atoms with Crippen molar-refractivity contribution in [3.63, 3.8) is 0 Å². The fraction of sp³-hybridized carbons (Fsp3) is 0.231. The molecule has 0 fully saturated rings. The van der Waals surface area contributed by atoms with Gasteiger partial charge in [-0.25, -0.2) is 4.79 Å². The molecule has 16 heavy (non-hydrogen) atoms. The minimum atomic E-state index is -0.409. The van der Waals surface area contributed by atoms with Crippen LogP contribution in [-0.4, -0.2) is 20.2 Å². The minimum Gasteiger partial charge on any atom is -0.497 e. The molecular formula is C13H14O3. The molecule has 0 atom stereocenters. The maximum atomic E-state index is 10.9.